The maximum Gasteiger partial charge on any atom is 0.224 e. The Bertz CT molecular complexity index is 1040. The monoisotopic (exact) mass is 382 g/mol. The number of nitrogens with one attached hydrogen (secondary N) is 1. The van der Waals surface area contributed by atoms with Crippen molar-refractivity contribution in [1.82, 2.24) is 14.8 Å². The van der Waals surface area contributed by atoms with E-state index in [1.807, 2.05) is 20.9 Å². The van der Waals surface area contributed by atoms with E-state index in [9.17, 15) is 4.79 Å². The number of hydrogen-bond donors (Lipinski definition) is 1. The first-order chi connectivity index (χ1) is 13.3. The molecule has 7 heteroatoms. The number of aromatic nitrogens is 3. The minimum absolute atomic E-state index is 0.0895. The number of carbonyl (C=O) groups is 1. The quantitative estimate of drug-likeness (QED) is 0.706. The number of amides is 1. The average molecular weight is 382 g/mol. The molecule has 2 heterocycles. The summed E-state index contributed by atoms with van der Waals surface area (Å²) in [6.45, 7) is 6.04. The molecule has 0 spiro atoms. The molecule has 0 fully saturated rings. The third kappa shape index (κ3) is 3.65. The molecule has 0 radical (unpaired) electrons. The molecule has 28 heavy (non-hydrogen) atoms. The molecule has 0 saturated carbocycles. The van der Waals surface area contributed by atoms with Gasteiger partial charge in [0, 0.05) is 30.6 Å². The highest BCUT2D eigenvalue weighted by Crippen LogP contribution is 2.30. The lowest BCUT2D eigenvalue weighted by molar-refractivity contribution is -0.116. The third-order valence-electron chi connectivity index (χ3n) is 5.01. The average Bonchev–Trinajstić information content (AvgIpc) is 2.94. The van der Waals surface area contributed by atoms with Gasteiger partial charge in [-0.3, -0.25) is 9.48 Å². The second-order valence-corrected chi connectivity index (χ2v) is 6.82. The zero-order valence-electron chi connectivity index (χ0n) is 17.2. The lowest BCUT2D eigenvalue weighted by atomic mass is 9.99. The van der Waals surface area contributed by atoms with Crippen LogP contribution in [0.2, 0.25) is 0 Å². The number of benzene rings is 1. The predicted molar refractivity (Wildman–Crippen MR) is 109 cm³/mol. The molecule has 2 aromatic heterocycles. The first kappa shape index (κ1) is 19.7. The van der Waals surface area contributed by atoms with E-state index in [0.717, 1.165) is 33.5 Å². The summed E-state index contributed by atoms with van der Waals surface area (Å²) in [5.74, 6) is 1.16. The normalized spacial score (nSPS) is 10.9. The Hall–Kier alpha value is -3.09. The number of methoxy groups -OCH3 is 2. The van der Waals surface area contributed by atoms with Crippen molar-refractivity contribution in [1.29, 1.82) is 0 Å². The molecule has 0 atom stereocenters. The van der Waals surface area contributed by atoms with Crippen LogP contribution in [0.1, 0.15) is 28.9 Å². The van der Waals surface area contributed by atoms with E-state index >= 15 is 0 Å². The van der Waals surface area contributed by atoms with Crippen molar-refractivity contribution in [2.24, 2.45) is 7.05 Å². The number of hydrogen-bond acceptors (Lipinski definition) is 5. The molecule has 0 aliphatic carbocycles. The van der Waals surface area contributed by atoms with E-state index < -0.39 is 0 Å². The second kappa shape index (κ2) is 7.88. The van der Waals surface area contributed by atoms with Crippen molar-refractivity contribution in [2.45, 2.75) is 33.6 Å². The molecule has 1 N–H and O–H groups in total. The van der Waals surface area contributed by atoms with Gasteiger partial charge < -0.3 is 14.8 Å². The zero-order valence-corrected chi connectivity index (χ0v) is 17.2. The SMILES string of the molecule is COc1ccc(OC)c(NC(=O)CCc2c(C)nc3c(c(C)nn3C)c2C)c1. The molecule has 0 unspecified atom stereocenters. The standard InChI is InChI=1S/C21H26N4O3/c1-12-16(13(2)22-21-20(12)14(3)24-25(21)4)8-10-19(26)23-17-11-15(27-5)7-9-18(17)28-6/h7,9,11H,8,10H2,1-6H3,(H,23,26). The van der Waals surface area contributed by atoms with Crippen LogP contribution in [-0.4, -0.2) is 34.9 Å². The van der Waals surface area contributed by atoms with E-state index in [2.05, 4.69) is 17.3 Å². The number of aryl methyl sites for hydroxylation is 4. The van der Waals surface area contributed by atoms with Gasteiger partial charge in [0.05, 0.1) is 25.6 Å². The summed E-state index contributed by atoms with van der Waals surface area (Å²) in [7, 11) is 5.06. The zero-order chi connectivity index (χ0) is 20.4. The lowest BCUT2D eigenvalue weighted by Gasteiger charge is -2.13. The van der Waals surface area contributed by atoms with Crippen LogP contribution in [0.15, 0.2) is 18.2 Å². The molecular weight excluding hydrogens is 356 g/mol. The number of pyridine rings is 1. The van der Waals surface area contributed by atoms with Crippen molar-refractivity contribution < 1.29 is 14.3 Å². The minimum Gasteiger partial charge on any atom is -0.497 e. The Kier molecular flexibility index (Phi) is 5.53. The summed E-state index contributed by atoms with van der Waals surface area (Å²) in [5, 5.41) is 8.45. The van der Waals surface area contributed by atoms with E-state index in [1.165, 1.54) is 0 Å². The van der Waals surface area contributed by atoms with Crippen molar-refractivity contribution in [3.05, 3.63) is 40.7 Å². The summed E-state index contributed by atoms with van der Waals surface area (Å²) < 4.78 is 12.4. The molecule has 3 rings (SSSR count). The van der Waals surface area contributed by atoms with E-state index in [4.69, 9.17) is 14.5 Å². The van der Waals surface area contributed by atoms with Crippen LogP contribution >= 0.6 is 0 Å². The Morgan fingerprint density at radius 3 is 2.57 bits per heavy atom. The molecule has 7 nitrogen and oxygen atoms in total. The number of anilines is 1. The molecule has 0 aliphatic rings. The van der Waals surface area contributed by atoms with Gasteiger partial charge in [0.2, 0.25) is 5.91 Å². The number of rotatable bonds is 6. The molecule has 148 valence electrons. The maximum absolute atomic E-state index is 12.6. The van der Waals surface area contributed by atoms with Crippen LogP contribution in [0.4, 0.5) is 5.69 Å². The minimum atomic E-state index is -0.0895. The Labute approximate surface area is 164 Å². The summed E-state index contributed by atoms with van der Waals surface area (Å²) in [6, 6.07) is 5.31. The van der Waals surface area contributed by atoms with Gasteiger partial charge >= 0.3 is 0 Å². The second-order valence-electron chi connectivity index (χ2n) is 6.82. The fourth-order valence-electron chi connectivity index (χ4n) is 3.59. The maximum atomic E-state index is 12.6. The van der Waals surface area contributed by atoms with Gasteiger partial charge in [0.15, 0.2) is 5.65 Å². The summed E-state index contributed by atoms with van der Waals surface area (Å²) >= 11 is 0. The topological polar surface area (TPSA) is 78.3 Å². The van der Waals surface area contributed by atoms with Crippen molar-refractivity contribution in [2.75, 3.05) is 19.5 Å². The number of carbonyl (C=O) groups excluding carboxylic acids is 1. The fraction of sp³-hybridized carbons (Fsp3) is 0.381. The number of ether oxygens (including phenoxy) is 2. The van der Waals surface area contributed by atoms with Crippen LogP contribution in [0.5, 0.6) is 11.5 Å². The molecule has 3 aromatic rings. The molecule has 0 bridgehead atoms. The van der Waals surface area contributed by atoms with Crippen LogP contribution in [0, 0.1) is 20.8 Å². The van der Waals surface area contributed by atoms with Crippen LogP contribution in [0.3, 0.4) is 0 Å². The van der Waals surface area contributed by atoms with Crippen LogP contribution in [-0.2, 0) is 18.3 Å². The summed E-state index contributed by atoms with van der Waals surface area (Å²) in [4.78, 5) is 17.3. The predicted octanol–water partition coefficient (Wildman–Crippen LogP) is 3.48. The molecular formula is C21H26N4O3. The highest BCUT2D eigenvalue weighted by molar-refractivity contribution is 5.93. The molecule has 0 saturated heterocycles. The Morgan fingerprint density at radius 2 is 1.89 bits per heavy atom. The Morgan fingerprint density at radius 1 is 1.14 bits per heavy atom. The molecule has 0 aliphatic heterocycles. The van der Waals surface area contributed by atoms with E-state index in [1.54, 1.807) is 37.1 Å². The summed E-state index contributed by atoms with van der Waals surface area (Å²) in [5.41, 5.74) is 5.59. The highest BCUT2D eigenvalue weighted by atomic mass is 16.5. The fourth-order valence-corrected chi connectivity index (χ4v) is 3.59. The van der Waals surface area contributed by atoms with Gasteiger partial charge in [-0.15, -0.1) is 0 Å². The first-order valence-electron chi connectivity index (χ1n) is 9.17. The largest absolute Gasteiger partial charge is 0.497 e. The van der Waals surface area contributed by atoms with Gasteiger partial charge in [0.25, 0.3) is 0 Å². The number of nitrogens with zero attached hydrogens (tertiary/aromatic N) is 3. The van der Waals surface area contributed by atoms with Gasteiger partial charge in [-0.05, 0) is 50.5 Å². The van der Waals surface area contributed by atoms with Gasteiger partial charge in [-0.25, -0.2) is 4.98 Å². The Balaban J connectivity index is 1.79. The van der Waals surface area contributed by atoms with Crippen LogP contribution in [0.25, 0.3) is 11.0 Å². The number of fused-ring (bicyclic) bond motifs is 1. The van der Waals surface area contributed by atoms with Crippen LogP contribution < -0.4 is 14.8 Å². The van der Waals surface area contributed by atoms with Crippen molar-refractivity contribution in [3.8, 4) is 11.5 Å². The first-order valence-corrected chi connectivity index (χ1v) is 9.17. The smallest absolute Gasteiger partial charge is 0.224 e. The molecule has 1 amide bonds. The highest BCUT2D eigenvalue weighted by Gasteiger charge is 2.16. The van der Waals surface area contributed by atoms with Gasteiger partial charge in [0.1, 0.15) is 11.5 Å². The van der Waals surface area contributed by atoms with Crippen molar-refractivity contribution >= 4 is 22.6 Å². The van der Waals surface area contributed by atoms with Gasteiger partial charge in [-0.2, -0.15) is 5.10 Å². The van der Waals surface area contributed by atoms with Gasteiger partial charge in [-0.1, -0.05) is 0 Å². The van der Waals surface area contributed by atoms with E-state index in [-0.39, 0.29) is 5.91 Å². The third-order valence-corrected chi connectivity index (χ3v) is 5.01. The van der Waals surface area contributed by atoms with E-state index in [0.29, 0.717) is 30.0 Å². The lowest BCUT2D eigenvalue weighted by Crippen LogP contribution is -2.14. The summed E-state index contributed by atoms with van der Waals surface area (Å²) in [6.07, 6.45) is 0.946. The van der Waals surface area contributed by atoms with Crippen molar-refractivity contribution in [3.63, 3.8) is 0 Å². The molecule has 1 aromatic carbocycles.